The van der Waals surface area contributed by atoms with Crippen LogP contribution in [0, 0.1) is 17.2 Å². The molecule has 0 spiro atoms. The van der Waals surface area contributed by atoms with Crippen LogP contribution in [0.25, 0.3) is 0 Å². The van der Waals surface area contributed by atoms with Gasteiger partial charge in [0, 0.05) is 23.3 Å². The number of ketones is 1. The number of hydrogen-bond donors (Lipinski definition) is 1. The van der Waals surface area contributed by atoms with Gasteiger partial charge in [-0.05, 0) is 17.4 Å². The number of nitrogens with zero attached hydrogens (tertiary/aromatic N) is 1. The van der Waals surface area contributed by atoms with E-state index in [0.717, 1.165) is 4.88 Å². The molecule has 0 radical (unpaired) electrons. The fourth-order valence-corrected chi connectivity index (χ4v) is 3.68. The molecule has 1 aliphatic carbocycles. The molecule has 3 rings (SSSR count). The number of carbonyl (C=O) groups is 1. The van der Waals surface area contributed by atoms with Crippen LogP contribution in [-0.2, 0) is 9.53 Å². The highest BCUT2D eigenvalue weighted by atomic mass is 32.1. The van der Waals surface area contributed by atoms with Crippen molar-refractivity contribution in [2.75, 3.05) is 0 Å². The summed E-state index contributed by atoms with van der Waals surface area (Å²) in [5.41, 5.74) is 6.84. The summed E-state index contributed by atoms with van der Waals surface area (Å²) in [6.45, 7) is 2.02. The van der Waals surface area contributed by atoms with Crippen LogP contribution in [-0.4, -0.2) is 5.78 Å². The Morgan fingerprint density at radius 3 is 2.95 bits per heavy atom. The van der Waals surface area contributed by atoms with Crippen LogP contribution in [0.5, 0.6) is 0 Å². The first-order valence-electron chi connectivity index (χ1n) is 6.49. The minimum absolute atomic E-state index is 0.0670. The fraction of sp³-hybridized carbons (Fsp3) is 0.333. The zero-order chi connectivity index (χ0) is 14.3. The van der Waals surface area contributed by atoms with Crippen LogP contribution in [0.15, 0.2) is 40.3 Å². The number of rotatable bonds is 1. The molecular weight excluding hydrogens is 272 g/mol. The zero-order valence-corrected chi connectivity index (χ0v) is 11.9. The summed E-state index contributed by atoms with van der Waals surface area (Å²) >= 11 is 1.53. The second kappa shape index (κ2) is 4.80. The average molecular weight is 286 g/mol. The molecule has 0 aromatic carbocycles. The van der Waals surface area contributed by atoms with Crippen molar-refractivity contribution in [2.45, 2.75) is 25.7 Å². The highest BCUT2D eigenvalue weighted by molar-refractivity contribution is 7.10. The first-order valence-corrected chi connectivity index (χ1v) is 7.37. The fourth-order valence-electron chi connectivity index (χ4n) is 2.83. The van der Waals surface area contributed by atoms with Crippen molar-refractivity contribution in [3.8, 4) is 6.07 Å². The summed E-state index contributed by atoms with van der Waals surface area (Å²) in [5, 5.41) is 11.3. The molecule has 2 aliphatic rings. The molecule has 4 nitrogen and oxygen atoms in total. The maximum atomic E-state index is 12.4. The van der Waals surface area contributed by atoms with Gasteiger partial charge in [-0.1, -0.05) is 13.0 Å². The summed E-state index contributed by atoms with van der Waals surface area (Å²) in [5.74, 6) is 0.734. The Balaban J connectivity index is 2.16. The van der Waals surface area contributed by atoms with Gasteiger partial charge in [-0.3, -0.25) is 4.79 Å². The molecule has 2 atom stereocenters. The minimum Gasteiger partial charge on any atom is -0.444 e. The van der Waals surface area contributed by atoms with Crippen molar-refractivity contribution in [3.63, 3.8) is 0 Å². The van der Waals surface area contributed by atoms with Gasteiger partial charge in [0.15, 0.2) is 5.78 Å². The summed E-state index contributed by atoms with van der Waals surface area (Å²) < 4.78 is 5.56. The largest absolute Gasteiger partial charge is 0.444 e. The van der Waals surface area contributed by atoms with E-state index in [2.05, 4.69) is 6.07 Å². The lowest BCUT2D eigenvalue weighted by molar-refractivity contribution is -0.117. The van der Waals surface area contributed by atoms with E-state index in [0.29, 0.717) is 29.7 Å². The van der Waals surface area contributed by atoms with Gasteiger partial charge in [-0.2, -0.15) is 5.26 Å². The topological polar surface area (TPSA) is 76.1 Å². The van der Waals surface area contributed by atoms with Gasteiger partial charge in [-0.25, -0.2) is 0 Å². The quantitative estimate of drug-likeness (QED) is 0.861. The van der Waals surface area contributed by atoms with Crippen molar-refractivity contribution in [1.82, 2.24) is 0 Å². The lowest BCUT2D eigenvalue weighted by Gasteiger charge is -2.32. The highest BCUT2D eigenvalue weighted by Gasteiger charge is 2.39. The average Bonchev–Trinajstić information content (AvgIpc) is 2.90. The zero-order valence-electron chi connectivity index (χ0n) is 11.1. The van der Waals surface area contributed by atoms with E-state index in [1.165, 1.54) is 11.3 Å². The standard InChI is InChI=1S/C15H14N2O2S/c1-8-5-10(18)14-11(6-8)19-15(17)9(7-16)13(14)12-3-2-4-20-12/h2-4,8,13H,5-6,17H2,1H3/t8-,13-/m0/s1. The number of nitriles is 1. The van der Waals surface area contributed by atoms with Crippen molar-refractivity contribution in [1.29, 1.82) is 5.26 Å². The Morgan fingerprint density at radius 2 is 2.30 bits per heavy atom. The number of Topliss-reactive ketones (excluding diaryl/α,β-unsaturated/α-hetero) is 1. The van der Waals surface area contributed by atoms with Gasteiger partial charge in [0.05, 0.1) is 5.92 Å². The molecule has 1 aromatic rings. The van der Waals surface area contributed by atoms with Crippen molar-refractivity contribution >= 4 is 17.1 Å². The van der Waals surface area contributed by atoms with E-state index >= 15 is 0 Å². The third-order valence-electron chi connectivity index (χ3n) is 3.69. The number of nitrogens with two attached hydrogens (primary N) is 1. The van der Waals surface area contributed by atoms with Crippen LogP contribution in [0.4, 0.5) is 0 Å². The van der Waals surface area contributed by atoms with Gasteiger partial charge >= 0.3 is 0 Å². The normalized spacial score (nSPS) is 26.1. The van der Waals surface area contributed by atoms with Gasteiger partial charge in [0.1, 0.15) is 17.4 Å². The number of ether oxygens (including phenoxy) is 1. The molecule has 1 aliphatic heterocycles. The molecule has 2 heterocycles. The summed E-state index contributed by atoms with van der Waals surface area (Å²) in [6, 6.07) is 5.95. The van der Waals surface area contributed by atoms with Gasteiger partial charge in [0.25, 0.3) is 0 Å². The molecule has 0 saturated heterocycles. The van der Waals surface area contributed by atoms with E-state index < -0.39 is 0 Å². The van der Waals surface area contributed by atoms with E-state index in [-0.39, 0.29) is 23.5 Å². The first kappa shape index (κ1) is 12.9. The number of thiophene rings is 1. The molecule has 0 bridgehead atoms. The summed E-state index contributed by atoms with van der Waals surface area (Å²) in [7, 11) is 0. The Morgan fingerprint density at radius 1 is 1.50 bits per heavy atom. The van der Waals surface area contributed by atoms with Crippen LogP contribution in [0.1, 0.15) is 30.6 Å². The molecule has 5 heteroatoms. The molecular formula is C15H14N2O2S. The van der Waals surface area contributed by atoms with Crippen molar-refractivity contribution in [3.05, 3.63) is 45.2 Å². The SMILES string of the molecule is C[C@H]1CC(=O)C2=C(C1)OC(N)=C(C#N)[C@H]2c1cccs1. The molecule has 102 valence electrons. The number of carbonyl (C=O) groups excluding carboxylic acids is 1. The minimum atomic E-state index is -0.358. The Labute approximate surface area is 121 Å². The molecule has 0 saturated carbocycles. The van der Waals surface area contributed by atoms with Crippen LogP contribution in [0.2, 0.25) is 0 Å². The first-order chi connectivity index (χ1) is 9.61. The monoisotopic (exact) mass is 286 g/mol. The van der Waals surface area contributed by atoms with Gasteiger partial charge in [-0.15, -0.1) is 11.3 Å². The molecule has 1 aromatic heterocycles. The van der Waals surface area contributed by atoms with Gasteiger partial charge in [0.2, 0.25) is 5.88 Å². The maximum Gasteiger partial charge on any atom is 0.205 e. The number of hydrogen-bond acceptors (Lipinski definition) is 5. The molecule has 0 unspecified atom stereocenters. The maximum absolute atomic E-state index is 12.4. The Hall–Kier alpha value is -2.06. The summed E-state index contributed by atoms with van der Waals surface area (Å²) in [6.07, 6.45) is 1.20. The van der Waals surface area contributed by atoms with E-state index in [1.54, 1.807) is 0 Å². The molecule has 2 N–H and O–H groups in total. The van der Waals surface area contributed by atoms with Crippen LogP contribution < -0.4 is 5.73 Å². The smallest absolute Gasteiger partial charge is 0.205 e. The third kappa shape index (κ3) is 1.93. The van der Waals surface area contributed by atoms with Crippen molar-refractivity contribution < 1.29 is 9.53 Å². The van der Waals surface area contributed by atoms with Crippen LogP contribution >= 0.6 is 11.3 Å². The predicted octanol–water partition coefficient (Wildman–Crippen LogP) is 2.81. The van der Waals surface area contributed by atoms with E-state index in [1.807, 2.05) is 24.4 Å². The van der Waals surface area contributed by atoms with Crippen LogP contribution in [0.3, 0.4) is 0 Å². The molecule has 0 amide bonds. The third-order valence-corrected chi connectivity index (χ3v) is 4.63. The molecule has 20 heavy (non-hydrogen) atoms. The predicted molar refractivity (Wildman–Crippen MR) is 75.4 cm³/mol. The summed E-state index contributed by atoms with van der Waals surface area (Å²) in [4.78, 5) is 13.4. The van der Waals surface area contributed by atoms with Gasteiger partial charge < -0.3 is 10.5 Å². The lowest BCUT2D eigenvalue weighted by atomic mass is 9.78. The lowest BCUT2D eigenvalue weighted by Crippen LogP contribution is -2.29. The Bertz CT molecular complexity index is 665. The Kier molecular flexibility index (Phi) is 3.11. The molecule has 0 fully saturated rings. The van der Waals surface area contributed by atoms with E-state index in [9.17, 15) is 10.1 Å². The second-order valence-corrected chi connectivity index (χ2v) is 6.19. The van der Waals surface area contributed by atoms with Crippen molar-refractivity contribution in [2.24, 2.45) is 11.7 Å². The number of allylic oxidation sites excluding steroid dienone is 3. The second-order valence-electron chi connectivity index (χ2n) is 5.21. The highest BCUT2D eigenvalue weighted by Crippen LogP contribution is 2.45. The van der Waals surface area contributed by atoms with E-state index in [4.69, 9.17) is 10.5 Å².